The van der Waals surface area contributed by atoms with Gasteiger partial charge in [-0.1, -0.05) is 6.92 Å². The number of carbonyl (C=O) groups is 1. The van der Waals surface area contributed by atoms with Crippen molar-refractivity contribution in [1.29, 1.82) is 5.26 Å². The SMILES string of the molecule is CCc1c(C#N)ccc(C(=O)OC)c1CO. The molecule has 0 radical (unpaired) electrons. The summed E-state index contributed by atoms with van der Waals surface area (Å²) in [6.45, 7) is 1.60. The fourth-order valence-electron chi connectivity index (χ4n) is 1.68. The Morgan fingerprint density at radius 3 is 2.62 bits per heavy atom. The molecule has 0 bridgehead atoms. The number of nitrogens with zero attached hydrogens (tertiary/aromatic N) is 1. The van der Waals surface area contributed by atoms with Gasteiger partial charge in [0.25, 0.3) is 0 Å². The molecule has 0 aliphatic rings. The summed E-state index contributed by atoms with van der Waals surface area (Å²) in [4.78, 5) is 11.4. The molecule has 0 fully saturated rings. The van der Waals surface area contributed by atoms with E-state index in [-0.39, 0.29) is 6.61 Å². The lowest BCUT2D eigenvalue weighted by molar-refractivity contribution is 0.0597. The summed E-state index contributed by atoms with van der Waals surface area (Å²) in [5, 5.41) is 18.2. The van der Waals surface area contributed by atoms with Crippen LogP contribution in [-0.4, -0.2) is 18.2 Å². The third kappa shape index (κ3) is 2.05. The fourth-order valence-corrected chi connectivity index (χ4v) is 1.68. The maximum Gasteiger partial charge on any atom is 0.338 e. The summed E-state index contributed by atoms with van der Waals surface area (Å²) in [6, 6.07) is 5.12. The number of ether oxygens (including phenoxy) is 1. The molecule has 16 heavy (non-hydrogen) atoms. The predicted octanol–water partition coefficient (Wildman–Crippen LogP) is 1.40. The minimum Gasteiger partial charge on any atom is -0.465 e. The molecule has 84 valence electrons. The Hall–Kier alpha value is -1.86. The summed E-state index contributed by atoms with van der Waals surface area (Å²) in [5.74, 6) is -0.497. The maximum absolute atomic E-state index is 11.4. The summed E-state index contributed by atoms with van der Waals surface area (Å²) in [5.41, 5.74) is 1.99. The van der Waals surface area contributed by atoms with Crippen LogP contribution in [0, 0.1) is 11.3 Å². The quantitative estimate of drug-likeness (QED) is 0.780. The number of methoxy groups -OCH3 is 1. The molecular formula is C12H13NO3. The predicted molar refractivity (Wildman–Crippen MR) is 57.8 cm³/mol. The average Bonchev–Trinajstić information content (AvgIpc) is 2.35. The zero-order chi connectivity index (χ0) is 12.1. The van der Waals surface area contributed by atoms with Crippen LogP contribution >= 0.6 is 0 Å². The lowest BCUT2D eigenvalue weighted by Crippen LogP contribution is -2.09. The molecule has 0 saturated carbocycles. The fraction of sp³-hybridized carbons (Fsp3) is 0.333. The van der Waals surface area contributed by atoms with Gasteiger partial charge < -0.3 is 9.84 Å². The van der Waals surface area contributed by atoms with E-state index < -0.39 is 5.97 Å². The molecule has 0 heterocycles. The van der Waals surface area contributed by atoms with Gasteiger partial charge in [0, 0.05) is 0 Å². The smallest absolute Gasteiger partial charge is 0.338 e. The van der Waals surface area contributed by atoms with Crippen molar-refractivity contribution in [3.8, 4) is 6.07 Å². The number of aliphatic hydroxyl groups excluding tert-OH is 1. The van der Waals surface area contributed by atoms with E-state index in [1.165, 1.54) is 13.2 Å². The van der Waals surface area contributed by atoms with Crippen LogP contribution in [0.4, 0.5) is 0 Å². The van der Waals surface area contributed by atoms with Gasteiger partial charge in [-0.2, -0.15) is 5.26 Å². The first-order valence-corrected chi connectivity index (χ1v) is 4.93. The van der Waals surface area contributed by atoms with Crippen molar-refractivity contribution >= 4 is 5.97 Å². The minimum absolute atomic E-state index is 0.275. The van der Waals surface area contributed by atoms with E-state index in [1.807, 2.05) is 13.0 Å². The Bertz CT molecular complexity index is 446. The van der Waals surface area contributed by atoms with Gasteiger partial charge >= 0.3 is 5.97 Å². The zero-order valence-electron chi connectivity index (χ0n) is 9.28. The molecule has 1 rings (SSSR count). The molecular weight excluding hydrogens is 206 g/mol. The molecule has 0 unspecified atom stereocenters. The van der Waals surface area contributed by atoms with Gasteiger partial charge in [-0.15, -0.1) is 0 Å². The number of hydrogen-bond donors (Lipinski definition) is 1. The van der Waals surface area contributed by atoms with E-state index in [0.29, 0.717) is 28.7 Å². The van der Waals surface area contributed by atoms with Crippen LogP contribution in [0.25, 0.3) is 0 Å². The molecule has 0 aliphatic carbocycles. The number of benzene rings is 1. The van der Waals surface area contributed by atoms with Crippen molar-refractivity contribution in [2.75, 3.05) is 7.11 Å². The molecule has 1 N–H and O–H groups in total. The van der Waals surface area contributed by atoms with E-state index in [1.54, 1.807) is 6.07 Å². The molecule has 0 amide bonds. The first kappa shape index (κ1) is 12.2. The second-order valence-corrected chi connectivity index (χ2v) is 3.23. The summed E-state index contributed by atoms with van der Waals surface area (Å²) in [6.07, 6.45) is 0.587. The molecule has 1 aromatic rings. The standard InChI is InChI=1S/C12H13NO3/c1-3-9-8(6-13)4-5-10(11(9)7-14)12(15)16-2/h4-5,14H,3,7H2,1-2H3. The number of aliphatic hydroxyl groups is 1. The largest absolute Gasteiger partial charge is 0.465 e. The number of nitriles is 1. The third-order valence-electron chi connectivity index (χ3n) is 2.47. The molecule has 0 aromatic heterocycles. The first-order valence-electron chi connectivity index (χ1n) is 4.93. The van der Waals surface area contributed by atoms with Gasteiger partial charge in [-0.3, -0.25) is 0 Å². The van der Waals surface area contributed by atoms with Gasteiger partial charge in [0.05, 0.1) is 30.9 Å². The Morgan fingerprint density at radius 2 is 2.19 bits per heavy atom. The zero-order valence-corrected chi connectivity index (χ0v) is 9.28. The number of carbonyl (C=O) groups excluding carboxylic acids is 1. The number of esters is 1. The van der Waals surface area contributed by atoms with Gasteiger partial charge in [0.1, 0.15) is 0 Å². The van der Waals surface area contributed by atoms with E-state index in [0.717, 1.165) is 0 Å². The van der Waals surface area contributed by atoms with Crippen molar-refractivity contribution in [2.24, 2.45) is 0 Å². The summed E-state index contributed by atoms with van der Waals surface area (Å²) >= 11 is 0. The van der Waals surface area contributed by atoms with E-state index in [4.69, 9.17) is 5.26 Å². The topological polar surface area (TPSA) is 70.3 Å². The average molecular weight is 219 g/mol. The van der Waals surface area contributed by atoms with E-state index in [2.05, 4.69) is 4.74 Å². The van der Waals surface area contributed by atoms with Crippen LogP contribution in [0.15, 0.2) is 12.1 Å². The van der Waals surface area contributed by atoms with Crippen LogP contribution in [0.5, 0.6) is 0 Å². The van der Waals surface area contributed by atoms with E-state index >= 15 is 0 Å². The maximum atomic E-state index is 11.4. The Labute approximate surface area is 94.1 Å². The molecule has 4 nitrogen and oxygen atoms in total. The van der Waals surface area contributed by atoms with Crippen LogP contribution in [0.1, 0.15) is 34.0 Å². The molecule has 0 atom stereocenters. The lowest BCUT2D eigenvalue weighted by Gasteiger charge is -2.11. The van der Waals surface area contributed by atoms with Crippen molar-refractivity contribution in [1.82, 2.24) is 0 Å². The third-order valence-corrected chi connectivity index (χ3v) is 2.47. The lowest BCUT2D eigenvalue weighted by atomic mass is 9.95. The second kappa shape index (κ2) is 5.29. The highest BCUT2D eigenvalue weighted by molar-refractivity contribution is 5.91. The van der Waals surface area contributed by atoms with Gasteiger partial charge in [0.2, 0.25) is 0 Å². The molecule has 0 spiro atoms. The van der Waals surface area contributed by atoms with E-state index in [9.17, 15) is 9.90 Å². The monoisotopic (exact) mass is 219 g/mol. The highest BCUT2D eigenvalue weighted by Crippen LogP contribution is 2.20. The molecule has 0 aliphatic heterocycles. The van der Waals surface area contributed by atoms with Gasteiger partial charge in [-0.25, -0.2) is 4.79 Å². The Morgan fingerprint density at radius 1 is 1.50 bits per heavy atom. The summed E-state index contributed by atoms with van der Waals surface area (Å²) < 4.78 is 4.62. The summed E-state index contributed by atoms with van der Waals surface area (Å²) in [7, 11) is 1.29. The first-order chi connectivity index (χ1) is 7.69. The van der Waals surface area contributed by atoms with Crippen LogP contribution in [0.2, 0.25) is 0 Å². The van der Waals surface area contributed by atoms with Crippen molar-refractivity contribution in [3.63, 3.8) is 0 Å². The second-order valence-electron chi connectivity index (χ2n) is 3.23. The minimum atomic E-state index is -0.497. The van der Waals surface area contributed by atoms with Crippen molar-refractivity contribution < 1.29 is 14.6 Å². The van der Waals surface area contributed by atoms with Crippen LogP contribution in [-0.2, 0) is 17.8 Å². The molecule has 4 heteroatoms. The Kier molecular flexibility index (Phi) is 4.03. The highest BCUT2D eigenvalue weighted by atomic mass is 16.5. The molecule has 0 saturated heterocycles. The van der Waals surface area contributed by atoms with Crippen LogP contribution in [0.3, 0.4) is 0 Å². The van der Waals surface area contributed by atoms with Gasteiger partial charge in [0.15, 0.2) is 0 Å². The Balaban J connectivity index is 3.44. The normalized spacial score (nSPS) is 9.62. The number of hydrogen-bond acceptors (Lipinski definition) is 4. The molecule has 1 aromatic carbocycles. The van der Waals surface area contributed by atoms with Crippen LogP contribution < -0.4 is 0 Å². The van der Waals surface area contributed by atoms with Crippen molar-refractivity contribution in [3.05, 3.63) is 34.4 Å². The van der Waals surface area contributed by atoms with Gasteiger partial charge in [-0.05, 0) is 29.7 Å². The number of rotatable bonds is 3. The van der Waals surface area contributed by atoms with Crippen molar-refractivity contribution in [2.45, 2.75) is 20.0 Å². The highest BCUT2D eigenvalue weighted by Gasteiger charge is 2.16.